The molecule has 198 valence electrons. The number of ether oxygens (including phenoxy) is 1. The van der Waals surface area contributed by atoms with Crippen molar-refractivity contribution in [2.75, 3.05) is 12.1 Å². The van der Waals surface area contributed by atoms with Crippen molar-refractivity contribution in [3.05, 3.63) is 103 Å². The molecule has 5 aromatic rings. The Morgan fingerprint density at radius 2 is 1.77 bits per heavy atom. The first-order valence-corrected chi connectivity index (χ1v) is 11.9. The average molecular weight is 528 g/mol. The minimum absolute atomic E-state index is 0.0809. The molecule has 0 fully saturated rings. The molecule has 0 aliphatic carbocycles. The van der Waals surface area contributed by atoms with Gasteiger partial charge in [-0.25, -0.2) is 9.80 Å². The number of hydrazone groups is 1. The predicted octanol–water partition coefficient (Wildman–Crippen LogP) is 3.08. The number of aromatic nitrogens is 4. The van der Waals surface area contributed by atoms with Crippen molar-refractivity contribution in [3.8, 4) is 5.75 Å². The van der Waals surface area contributed by atoms with Gasteiger partial charge in [-0.3, -0.25) is 24.0 Å². The number of anilines is 1. The zero-order valence-corrected chi connectivity index (χ0v) is 21.7. The van der Waals surface area contributed by atoms with Gasteiger partial charge >= 0.3 is 11.4 Å². The minimum Gasteiger partial charge on any atom is -0.490 e. The van der Waals surface area contributed by atoms with E-state index < -0.39 is 16.2 Å². The molecule has 39 heavy (non-hydrogen) atoms. The van der Waals surface area contributed by atoms with E-state index in [0.29, 0.717) is 5.56 Å². The molecule has 3 aromatic carbocycles. The molecule has 5 rings (SSSR count). The van der Waals surface area contributed by atoms with E-state index in [1.165, 1.54) is 42.9 Å². The van der Waals surface area contributed by atoms with Crippen LogP contribution in [0.15, 0.2) is 75.4 Å². The maximum absolute atomic E-state index is 13.0. The third kappa shape index (κ3) is 4.41. The van der Waals surface area contributed by atoms with Gasteiger partial charge in [-0.15, -0.1) is 0 Å². The van der Waals surface area contributed by atoms with E-state index >= 15 is 0 Å². The van der Waals surface area contributed by atoms with Gasteiger partial charge in [0.05, 0.1) is 24.8 Å². The third-order valence-corrected chi connectivity index (χ3v) is 6.61. The second-order valence-corrected chi connectivity index (χ2v) is 8.98. The number of imidazole rings is 1. The van der Waals surface area contributed by atoms with E-state index in [2.05, 4.69) is 4.98 Å². The van der Waals surface area contributed by atoms with Crippen LogP contribution in [0.4, 0.5) is 11.6 Å². The first kappa shape index (κ1) is 25.4. The van der Waals surface area contributed by atoms with Gasteiger partial charge in [-0.05, 0) is 22.4 Å². The summed E-state index contributed by atoms with van der Waals surface area (Å²) in [6, 6.07) is 18.4. The number of aryl methyl sites for hydroxylation is 2. The summed E-state index contributed by atoms with van der Waals surface area (Å²) < 4.78 is 9.01. The summed E-state index contributed by atoms with van der Waals surface area (Å²) in [6.45, 7) is 0.0809. The molecule has 0 spiro atoms. The number of benzene rings is 3. The van der Waals surface area contributed by atoms with E-state index in [9.17, 15) is 19.7 Å². The fourth-order valence-corrected chi connectivity index (χ4v) is 4.55. The summed E-state index contributed by atoms with van der Waals surface area (Å²) >= 11 is 0. The highest BCUT2D eigenvalue weighted by Crippen LogP contribution is 2.29. The number of hydrogen-bond acceptors (Lipinski definition) is 8. The summed E-state index contributed by atoms with van der Waals surface area (Å²) in [5.41, 5.74) is 0.648. The maximum atomic E-state index is 13.0. The van der Waals surface area contributed by atoms with Gasteiger partial charge < -0.3 is 9.30 Å². The van der Waals surface area contributed by atoms with Gasteiger partial charge in [0.2, 0.25) is 5.95 Å². The monoisotopic (exact) mass is 527 g/mol. The smallest absolute Gasteiger partial charge is 0.332 e. The van der Waals surface area contributed by atoms with Crippen molar-refractivity contribution in [2.45, 2.75) is 6.54 Å². The van der Waals surface area contributed by atoms with E-state index in [4.69, 9.17) is 9.84 Å². The lowest BCUT2D eigenvalue weighted by molar-refractivity contribution is -0.385. The Morgan fingerprint density at radius 3 is 2.51 bits per heavy atom. The maximum Gasteiger partial charge on any atom is 0.332 e. The molecule has 0 saturated heterocycles. The number of rotatable bonds is 7. The van der Waals surface area contributed by atoms with Gasteiger partial charge in [0.25, 0.3) is 5.56 Å². The number of methoxy groups -OCH3 is 1. The summed E-state index contributed by atoms with van der Waals surface area (Å²) in [5, 5.41) is 19.9. The predicted molar refractivity (Wildman–Crippen MR) is 149 cm³/mol. The van der Waals surface area contributed by atoms with E-state index in [-0.39, 0.29) is 35.1 Å². The molecule has 0 bridgehead atoms. The number of hydrogen-bond donors (Lipinski definition) is 0. The van der Waals surface area contributed by atoms with Crippen molar-refractivity contribution < 1.29 is 9.66 Å². The van der Waals surface area contributed by atoms with Gasteiger partial charge in [0.15, 0.2) is 16.9 Å². The molecule has 2 aromatic heterocycles. The largest absolute Gasteiger partial charge is 0.490 e. The molecule has 0 unspecified atom stereocenters. The SMILES string of the molecule is COc1ccc(CN(N=Cc2cccc3ccccc23)c2nc3c(c(=O)n(C)c(=O)n3C)n2C)cc1[N+](=O)[O-]. The lowest BCUT2D eigenvalue weighted by atomic mass is 10.1. The standard InChI is InChI=1S/C27H25N7O5/c1-30-23-24(31(2)27(36)32(3)25(23)35)29-26(30)33(16-17-12-13-22(39-4)21(14-17)34(37)38)28-15-19-10-7-9-18-8-5-6-11-20(18)19/h5-15H,16H2,1-4H3. The Hall–Kier alpha value is -5.26. The number of nitrogens with zero attached hydrogens (tertiary/aromatic N) is 7. The molecule has 12 heteroatoms. The van der Waals surface area contributed by atoms with E-state index in [1.54, 1.807) is 23.9 Å². The third-order valence-electron chi connectivity index (χ3n) is 6.61. The van der Waals surface area contributed by atoms with Crippen LogP contribution in [0.1, 0.15) is 11.1 Å². The molecule has 0 amide bonds. The fraction of sp³-hybridized carbons (Fsp3) is 0.185. The first-order chi connectivity index (χ1) is 18.7. The zero-order valence-electron chi connectivity index (χ0n) is 21.7. The highest BCUT2D eigenvalue weighted by molar-refractivity contribution is 5.99. The highest BCUT2D eigenvalue weighted by Gasteiger charge is 2.22. The van der Waals surface area contributed by atoms with Crippen LogP contribution in [0.25, 0.3) is 21.9 Å². The molecule has 0 saturated carbocycles. The summed E-state index contributed by atoms with van der Waals surface area (Å²) in [7, 11) is 5.97. The van der Waals surface area contributed by atoms with Crippen LogP contribution in [0, 0.1) is 10.1 Å². The Balaban J connectivity index is 1.68. The van der Waals surface area contributed by atoms with Crippen LogP contribution >= 0.6 is 0 Å². The summed E-state index contributed by atoms with van der Waals surface area (Å²) in [6.07, 6.45) is 1.68. The Labute approximate surface area is 221 Å². The van der Waals surface area contributed by atoms with Gasteiger partial charge in [0, 0.05) is 32.8 Å². The van der Waals surface area contributed by atoms with Gasteiger partial charge in [-0.2, -0.15) is 10.1 Å². The molecule has 0 atom stereocenters. The van der Waals surface area contributed by atoms with E-state index in [1.807, 2.05) is 42.5 Å². The second-order valence-electron chi connectivity index (χ2n) is 8.98. The second kappa shape index (κ2) is 9.89. The van der Waals surface area contributed by atoms with Crippen LogP contribution < -0.4 is 21.0 Å². The molecule has 0 aliphatic heterocycles. The molecule has 12 nitrogen and oxygen atoms in total. The van der Waals surface area contributed by atoms with Crippen LogP contribution in [0.5, 0.6) is 5.75 Å². The minimum atomic E-state index is -0.513. The molecular weight excluding hydrogens is 502 g/mol. The quantitative estimate of drug-likeness (QED) is 0.181. The number of nitro benzene ring substituents is 1. The van der Waals surface area contributed by atoms with Crippen LogP contribution in [-0.2, 0) is 27.7 Å². The van der Waals surface area contributed by atoms with Crippen LogP contribution in [-0.4, -0.2) is 36.9 Å². The van der Waals surface area contributed by atoms with Crippen molar-refractivity contribution in [1.29, 1.82) is 0 Å². The van der Waals surface area contributed by atoms with Gasteiger partial charge in [-0.1, -0.05) is 48.5 Å². The van der Waals surface area contributed by atoms with Crippen molar-refractivity contribution in [3.63, 3.8) is 0 Å². The Bertz CT molecular complexity index is 1900. The van der Waals surface area contributed by atoms with Crippen LogP contribution in [0.2, 0.25) is 0 Å². The zero-order chi connectivity index (χ0) is 27.8. The number of fused-ring (bicyclic) bond motifs is 2. The Kier molecular flexibility index (Phi) is 6.44. The average Bonchev–Trinajstić information content (AvgIpc) is 3.29. The molecule has 0 radical (unpaired) electrons. The number of nitro groups is 1. The fourth-order valence-electron chi connectivity index (χ4n) is 4.55. The van der Waals surface area contributed by atoms with E-state index in [0.717, 1.165) is 20.9 Å². The van der Waals surface area contributed by atoms with Crippen molar-refractivity contribution >= 4 is 39.8 Å². The molecule has 0 N–H and O–H groups in total. The lowest BCUT2D eigenvalue weighted by Crippen LogP contribution is -2.37. The lowest BCUT2D eigenvalue weighted by Gasteiger charge is -2.18. The molecule has 2 heterocycles. The Morgan fingerprint density at radius 1 is 1.03 bits per heavy atom. The summed E-state index contributed by atoms with van der Waals surface area (Å²) in [5.74, 6) is 0.411. The molecule has 0 aliphatic rings. The van der Waals surface area contributed by atoms with Crippen LogP contribution in [0.3, 0.4) is 0 Å². The molecular formula is C27H25N7O5. The normalized spacial score (nSPS) is 11.5. The highest BCUT2D eigenvalue weighted by atomic mass is 16.6. The first-order valence-electron chi connectivity index (χ1n) is 11.9. The van der Waals surface area contributed by atoms with Gasteiger partial charge in [0.1, 0.15) is 0 Å². The topological polar surface area (TPSA) is 130 Å². The summed E-state index contributed by atoms with van der Waals surface area (Å²) in [4.78, 5) is 41.2. The van der Waals surface area contributed by atoms with Crippen molar-refractivity contribution in [2.24, 2.45) is 26.2 Å². The van der Waals surface area contributed by atoms with Crippen molar-refractivity contribution in [1.82, 2.24) is 18.7 Å².